The summed E-state index contributed by atoms with van der Waals surface area (Å²) >= 11 is 13.1. The molecular formula is C22H22BrCl2N3O3S. The fraction of sp³-hybridized carbons (Fsp3) is 0.273. The highest BCUT2D eigenvalue weighted by Gasteiger charge is 2.32. The number of carbonyl (C=O) groups excluding carboxylic acids is 1. The molecule has 1 aromatic heterocycles. The third-order valence-corrected chi connectivity index (χ3v) is 6.20. The van der Waals surface area contributed by atoms with Crippen molar-refractivity contribution < 1.29 is 9.72 Å². The molecule has 0 saturated heterocycles. The van der Waals surface area contributed by atoms with E-state index in [0.29, 0.717) is 26.4 Å². The average Bonchev–Trinajstić information content (AvgIpc) is 3.11. The maximum absolute atomic E-state index is 12.6. The third-order valence-electron chi connectivity index (χ3n) is 4.61. The highest BCUT2D eigenvalue weighted by Crippen LogP contribution is 2.40. The Bertz CT molecular complexity index is 1100. The monoisotopic (exact) mass is 557 g/mol. The van der Waals surface area contributed by atoms with Crippen LogP contribution in [0.1, 0.15) is 53.2 Å². The normalized spacial score (nSPS) is 12.0. The second kappa shape index (κ2) is 10.7. The smallest absolute Gasteiger partial charge is 0.257 e. The number of nitrogens with zero attached hydrogens (tertiary/aromatic N) is 2. The van der Waals surface area contributed by atoms with Gasteiger partial charge in [-0.2, -0.15) is 0 Å². The molecule has 1 amide bonds. The van der Waals surface area contributed by atoms with Crippen molar-refractivity contribution >= 4 is 62.6 Å². The van der Waals surface area contributed by atoms with Crippen LogP contribution in [0.25, 0.3) is 0 Å². The summed E-state index contributed by atoms with van der Waals surface area (Å²) in [6, 6.07) is 13.5. The fourth-order valence-corrected chi connectivity index (χ4v) is 4.66. The second-order valence-electron chi connectivity index (χ2n) is 8.06. The van der Waals surface area contributed by atoms with Crippen LogP contribution in [0.2, 0.25) is 10.0 Å². The summed E-state index contributed by atoms with van der Waals surface area (Å²) in [6.45, 7) is 5.67. The van der Waals surface area contributed by atoms with Crippen LogP contribution in [0.3, 0.4) is 0 Å². The summed E-state index contributed by atoms with van der Waals surface area (Å²) in [6.07, 6.45) is 0. The quantitative estimate of drug-likeness (QED) is 0.261. The third kappa shape index (κ3) is 6.51. The molecule has 1 unspecified atom stereocenters. The van der Waals surface area contributed by atoms with E-state index in [1.165, 1.54) is 11.3 Å². The molecule has 2 aromatic carbocycles. The van der Waals surface area contributed by atoms with Crippen molar-refractivity contribution in [2.24, 2.45) is 0 Å². The number of amides is 1. The average molecular weight is 559 g/mol. The number of rotatable bonds is 6. The van der Waals surface area contributed by atoms with Gasteiger partial charge in [-0.05, 0) is 42.0 Å². The van der Waals surface area contributed by atoms with Gasteiger partial charge in [0, 0.05) is 30.8 Å². The predicted octanol–water partition coefficient (Wildman–Crippen LogP) is 6.99. The number of anilines is 1. The minimum Gasteiger partial charge on any atom is -0.298 e. The topological polar surface area (TPSA) is 85.1 Å². The van der Waals surface area contributed by atoms with Crippen LogP contribution in [-0.2, 0) is 5.41 Å². The van der Waals surface area contributed by atoms with Crippen molar-refractivity contribution in [2.45, 2.75) is 32.1 Å². The van der Waals surface area contributed by atoms with E-state index < -0.39 is 5.92 Å². The van der Waals surface area contributed by atoms with Crippen molar-refractivity contribution in [3.05, 3.63) is 90.4 Å². The molecule has 1 N–H and O–H groups in total. The Morgan fingerprint density at radius 3 is 2.12 bits per heavy atom. The van der Waals surface area contributed by atoms with Crippen molar-refractivity contribution in [1.29, 1.82) is 0 Å². The van der Waals surface area contributed by atoms with Gasteiger partial charge in [0.05, 0.1) is 11.6 Å². The van der Waals surface area contributed by atoms with Gasteiger partial charge in [0.25, 0.3) is 5.91 Å². The number of hydrogen-bond donors (Lipinski definition) is 1. The first kappa shape index (κ1) is 26.3. The molecule has 3 aromatic rings. The molecule has 0 fully saturated rings. The maximum Gasteiger partial charge on any atom is 0.257 e. The van der Waals surface area contributed by atoms with E-state index in [2.05, 4.69) is 10.3 Å². The molecule has 0 aliphatic carbocycles. The summed E-state index contributed by atoms with van der Waals surface area (Å²) in [5, 5.41) is 15.8. The minimum atomic E-state index is -0.514. The molecular weight excluding hydrogens is 537 g/mol. The fourth-order valence-electron chi connectivity index (χ4n) is 3.11. The van der Waals surface area contributed by atoms with E-state index in [1.54, 1.807) is 48.5 Å². The molecule has 10 heteroatoms. The van der Waals surface area contributed by atoms with E-state index in [-0.39, 0.29) is 39.8 Å². The van der Waals surface area contributed by atoms with Crippen LogP contribution < -0.4 is 5.32 Å². The molecule has 1 atom stereocenters. The van der Waals surface area contributed by atoms with E-state index >= 15 is 0 Å². The van der Waals surface area contributed by atoms with E-state index in [0.717, 1.165) is 10.4 Å². The Balaban J connectivity index is 0.00000363. The number of halogens is 3. The first-order valence-corrected chi connectivity index (χ1v) is 11.1. The number of benzene rings is 2. The van der Waals surface area contributed by atoms with Crippen molar-refractivity contribution in [2.75, 3.05) is 11.9 Å². The summed E-state index contributed by atoms with van der Waals surface area (Å²) in [4.78, 5) is 29.2. The lowest BCUT2D eigenvalue weighted by Crippen LogP contribution is -2.20. The van der Waals surface area contributed by atoms with Gasteiger partial charge in [0.1, 0.15) is 0 Å². The lowest BCUT2D eigenvalue weighted by Gasteiger charge is -2.21. The Morgan fingerprint density at radius 1 is 1.09 bits per heavy atom. The highest BCUT2D eigenvalue weighted by atomic mass is 79.9. The molecule has 6 nitrogen and oxygen atoms in total. The largest absolute Gasteiger partial charge is 0.298 e. The number of nitrogens with one attached hydrogen (secondary N) is 1. The number of carbonyl (C=O) groups is 1. The standard InChI is InChI=1S/C22H21Cl2N3O3S.BrH/c1-22(2,3)19-18(17(12-27(29)30)13-4-8-15(23)9-5-13)31-21(25-19)26-20(28)14-6-10-16(24)11-7-14;/h4-11,17H,12H2,1-3H3,(H,25,26,28);1H. The number of nitro groups is 1. The van der Waals surface area contributed by atoms with Crippen molar-refractivity contribution in [3.63, 3.8) is 0 Å². The van der Waals surface area contributed by atoms with Gasteiger partial charge in [-0.3, -0.25) is 20.2 Å². The molecule has 0 bridgehead atoms. The Hall–Kier alpha value is -2.00. The zero-order valence-corrected chi connectivity index (χ0v) is 21.6. The van der Waals surface area contributed by atoms with Crippen LogP contribution in [-0.4, -0.2) is 22.4 Å². The van der Waals surface area contributed by atoms with Crippen LogP contribution >= 0.6 is 51.5 Å². The maximum atomic E-state index is 12.6. The molecule has 0 saturated carbocycles. The van der Waals surface area contributed by atoms with E-state index in [9.17, 15) is 14.9 Å². The molecule has 3 rings (SSSR count). The molecule has 0 aliphatic heterocycles. The lowest BCUT2D eigenvalue weighted by atomic mass is 9.86. The van der Waals surface area contributed by atoms with E-state index in [1.807, 2.05) is 20.8 Å². The van der Waals surface area contributed by atoms with Gasteiger partial charge in [0.2, 0.25) is 6.54 Å². The zero-order valence-electron chi connectivity index (χ0n) is 17.6. The Morgan fingerprint density at radius 2 is 1.62 bits per heavy atom. The zero-order chi connectivity index (χ0) is 22.8. The Kier molecular flexibility index (Phi) is 8.82. The molecule has 0 aliphatic rings. The SMILES string of the molecule is Br.CC(C)(C)c1nc(NC(=O)c2ccc(Cl)cc2)sc1C(C[N+](=O)[O-])c1ccc(Cl)cc1. The summed E-state index contributed by atoms with van der Waals surface area (Å²) in [5.74, 6) is -0.838. The molecule has 0 spiro atoms. The minimum absolute atomic E-state index is 0. The van der Waals surface area contributed by atoms with Gasteiger partial charge in [-0.25, -0.2) is 4.98 Å². The van der Waals surface area contributed by atoms with Crippen LogP contribution in [0.5, 0.6) is 0 Å². The lowest BCUT2D eigenvalue weighted by molar-refractivity contribution is -0.481. The molecule has 1 heterocycles. The summed E-state index contributed by atoms with van der Waals surface area (Å²) < 4.78 is 0. The van der Waals surface area contributed by atoms with Crippen molar-refractivity contribution in [1.82, 2.24) is 4.98 Å². The van der Waals surface area contributed by atoms with Crippen LogP contribution in [0.4, 0.5) is 5.13 Å². The van der Waals surface area contributed by atoms with E-state index in [4.69, 9.17) is 23.2 Å². The Labute approximate surface area is 210 Å². The van der Waals surface area contributed by atoms with Gasteiger partial charge < -0.3 is 0 Å². The number of thiazole rings is 1. The molecule has 32 heavy (non-hydrogen) atoms. The van der Waals surface area contributed by atoms with Crippen LogP contribution in [0, 0.1) is 10.1 Å². The first-order valence-electron chi connectivity index (χ1n) is 9.50. The van der Waals surface area contributed by atoms with Gasteiger partial charge in [-0.15, -0.1) is 28.3 Å². The predicted molar refractivity (Wildman–Crippen MR) is 136 cm³/mol. The van der Waals surface area contributed by atoms with Gasteiger partial charge in [-0.1, -0.05) is 56.1 Å². The highest BCUT2D eigenvalue weighted by molar-refractivity contribution is 8.93. The van der Waals surface area contributed by atoms with Gasteiger partial charge >= 0.3 is 0 Å². The van der Waals surface area contributed by atoms with Gasteiger partial charge in [0.15, 0.2) is 5.13 Å². The number of aromatic nitrogens is 1. The summed E-state index contributed by atoms with van der Waals surface area (Å²) in [7, 11) is 0. The number of hydrogen-bond acceptors (Lipinski definition) is 5. The first-order chi connectivity index (χ1) is 14.5. The molecule has 0 radical (unpaired) electrons. The van der Waals surface area contributed by atoms with Crippen molar-refractivity contribution in [3.8, 4) is 0 Å². The molecule has 170 valence electrons. The summed E-state index contributed by atoms with van der Waals surface area (Å²) in [5.41, 5.74) is 1.55. The second-order valence-corrected chi connectivity index (χ2v) is 9.97. The van der Waals surface area contributed by atoms with Crippen LogP contribution in [0.15, 0.2) is 48.5 Å².